The SMILES string of the molecule is CCOC(=O)C(C)CN1CCSC(C)C1. The summed E-state index contributed by atoms with van der Waals surface area (Å²) in [6, 6.07) is 0. The standard InChI is InChI=1S/C11H21NO2S/c1-4-14-11(13)9(2)7-12-5-6-15-10(3)8-12/h9-10H,4-8H2,1-3H3. The fourth-order valence-electron chi connectivity index (χ4n) is 1.80. The number of thioether (sulfide) groups is 1. The first-order chi connectivity index (χ1) is 7.13. The van der Waals surface area contributed by atoms with Gasteiger partial charge in [-0.05, 0) is 6.92 Å². The first-order valence-electron chi connectivity index (χ1n) is 5.64. The Morgan fingerprint density at radius 3 is 3.00 bits per heavy atom. The molecule has 0 saturated carbocycles. The van der Waals surface area contributed by atoms with Gasteiger partial charge in [0.1, 0.15) is 0 Å². The van der Waals surface area contributed by atoms with Crippen LogP contribution in [-0.2, 0) is 9.53 Å². The van der Waals surface area contributed by atoms with E-state index in [-0.39, 0.29) is 11.9 Å². The fourth-order valence-corrected chi connectivity index (χ4v) is 2.88. The first kappa shape index (κ1) is 12.8. The summed E-state index contributed by atoms with van der Waals surface area (Å²) in [5.41, 5.74) is 0. The Hall–Kier alpha value is -0.220. The summed E-state index contributed by atoms with van der Waals surface area (Å²) in [4.78, 5) is 13.8. The van der Waals surface area contributed by atoms with Gasteiger partial charge in [0.05, 0.1) is 12.5 Å². The molecule has 0 amide bonds. The topological polar surface area (TPSA) is 29.5 Å². The van der Waals surface area contributed by atoms with E-state index < -0.39 is 0 Å². The van der Waals surface area contributed by atoms with Crippen LogP contribution in [0, 0.1) is 5.92 Å². The molecule has 3 nitrogen and oxygen atoms in total. The molecule has 0 spiro atoms. The molecule has 1 aliphatic rings. The van der Waals surface area contributed by atoms with Crippen LogP contribution in [0.3, 0.4) is 0 Å². The molecular formula is C11H21NO2S. The molecule has 0 N–H and O–H groups in total. The molecule has 15 heavy (non-hydrogen) atoms. The number of carbonyl (C=O) groups is 1. The molecule has 1 saturated heterocycles. The number of hydrogen-bond donors (Lipinski definition) is 0. The van der Waals surface area contributed by atoms with Gasteiger partial charge in [0.25, 0.3) is 0 Å². The fraction of sp³-hybridized carbons (Fsp3) is 0.909. The van der Waals surface area contributed by atoms with E-state index in [1.165, 1.54) is 5.75 Å². The van der Waals surface area contributed by atoms with Crippen LogP contribution in [0.5, 0.6) is 0 Å². The summed E-state index contributed by atoms with van der Waals surface area (Å²) in [6.07, 6.45) is 0. The molecular weight excluding hydrogens is 210 g/mol. The van der Waals surface area contributed by atoms with E-state index in [1.54, 1.807) is 0 Å². The van der Waals surface area contributed by atoms with Crippen molar-refractivity contribution < 1.29 is 9.53 Å². The lowest BCUT2D eigenvalue weighted by molar-refractivity contribution is -0.148. The molecule has 0 bridgehead atoms. The van der Waals surface area contributed by atoms with Crippen molar-refractivity contribution in [2.45, 2.75) is 26.0 Å². The maximum atomic E-state index is 11.4. The zero-order valence-corrected chi connectivity index (χ0v) is 10.7. The maximum Gasteiger partial charge on any atom is 0.309 e. The van der Waals surface area contributed by atoms with Crippen LogP contribution in [-0.4, -0.2) is 48.1 Å². The molecule has 0 aliphatic carbocycles. The molecule has 1 rings (SSSR count). The van der Waals surface area contributed by atoms with E-state index in [2.05, 4.69) is 11.8 Å². The summed E-state index contributed by atoms with van der Waals surface area (Å²) in [6.45, 7) is 9.55. The average molecular weight is 231 g/mol. The molecule has 88 valence electrons. The van der Waals surface area contributed by atoms with Gasteiger partial charge in [0.15, 0.2) is 0 Å². The number of nitrogens with zero attached hydrogens (tertiary/aromatic N) is 1. The van der Waals surface area contributed by atoms with Crippen LogP contribution >= 0.6 is 11.8 Å². The third-order valence-electron chi connectivity index (χ3n) is 2.55. The Labute approximate surface area is 96.5 Å². The highest BCUT2D eigenvalue weighted by molar-refractivity contribution is 7.99. The number of ether oxygens (including phenoxy) is 1. The summed E-state index contributed by atoms with van der Waals surface area (Å²) in [5.74, 6) is 1.11. The Balaban J connectivity index is 2.30. The van der Waals surface area contributed by atoms with Crippen molar-refractivity contribution in [1.29, 1.82) is 0 Å². The van der Waals surface area contributed by atoms with Gasteiger partial charge in [-0.25, -0.2) is 0 Å². The number of rotatable bonds is 4. The second kappa shape index (κ2) is 6.38. The Bertz CT molecular complexity index is 211. The molecule has 0 aromatic heterocycles. The third kappa shape index (κ3) is 4.43. The molecule has 0 aromatic carbocycles. The van der Waals surface area contributed by atoms with E-state index in [0.717, 1.165) is 19.6 Å². The van der Waals surface area contributed by atoms with Crippen LogP contribution in [0.2, 0.25) is 0 Å². The molecule has 4 heteroatoms. The minimum Gasteiger partial charge on any atom is -0.466 e. The van der Waals surface area contributed by atoms with Crippen molar-refractivity contribution in [3.05, 3.63) is 0 Å². The maximum absolute atomic E-state index is 11.4. The highest BCUT2D eigenvalue weighted by Gasteiger charge is 2.22. The largest absolute Gasteiger partial charge is 0.466 e. The van der Waals surface area contributed by atoms with Gasteiger partial charge >= 0.3 is 5.97 Å². The summed E-state index contributed by atoms with van der Waals surface area (Å²) in [7, 11) is 0. The van der Waals surface area contributed by atoms with Crippen molar-refractivity contribution in [3.8, 4) is 0 Å². The van der Waals surface area contributed by atoms with Crippen molar-refractivity contribution in [3.63, 3.8) is 0 Å². The highest BCUT2D eigenvalue weighted by Crippen LogP contribution is 2.18. The van der Waals surface area contributed by atoms with Crippen LogP contribution in [0.1, 0.15) is 20.8 Å². The molecule has 2 atom stereocenters. The average Bonchev–Trinajstić information content (AvgIpc) is 2.18. The predicted molar refractivity (Wildman–Crippen MR) is 64.2 cm³/mol. The molecule has 1 aliphatic heterocycles. The van der Waals surface area contributed by atoms with Crippen molar-refractivity contribution >= 4 is 17.7 Å². The summed E-state index contributed by atoms with van der Waals surface area (Å²) < 4.78 is 5.00. The third-order valence-corrected chi connectivity index (χ3v) is 3.68. The quantitative estimate of drug-likeness (QED) is 0.688. The Morgan fingerprint density at radius 2 is 2.40 bits per heavy atom. The smallest absolute Gasteiger partial charge is 0.309 e. The van der Waals surface area contributed by atoms with E-state index in [9.17, 15) is 4.79 Å². The van der Waals surface area contributed by atoms with E-state index >= 15 is 0 Å². The predicted octanol–water partition coefficient (Wildman–Crippen LogP) is 1.62. The normalized spacial score (nSPS) is 24.9. The lowest BCUT2D eigenvalue weighted by Crippen LogP contribution is -2.40. The van der Waals surface area contributed by atoms with Crippen molar-refractivity contribution in [2.75, 3.05) is 32.0 Å². The molecule has 0 aromatic rings. The van der Waals surface area contributed by atoms with Gasteiger partial charge in [0.2, 0.25) is 0 Å². The monoisotopic (exact) mass is 231 g/mol. The molecule has 0 radical (unpaired) electrons. The van der Waals surface area contributed by atoms with Gasteiger partial charge in [-0.3, -0.25) is 4.79 Å². The van der Waals surface area contributed by atoms with E-state index in [1.807, 2.05) is 25.6 Å². The lowest BCUT2D eigenvalue weighted by atomic mass is 10.1. The number of hydrogen-bond acceptors (Lipinski definition) is 4. The van der Waals surface area contributed by atoms with Gasteiger partial charge in [-0.1, -0.05) is 13.8 Å². The summed E-state index contributed by atoms with van der Waals surface area (Å²) >= 11 is 2.01. The van der Waals surface area contributed by atoms with Crippen LogP contribution in [0.4, 0.5) is 0 Å². The van der Waals surface area contributed by atoms with Crippen LogP contribution < -0.4 is 0 Å². The highest BCUT2D eigenvalue weighted by atomic mass is 32.2. The lowest BCUT2D eigenvalue weighted by Gasteiger charge is -2.31. The van der Waals surface area contributed by atoms with Gasteiger partial charge in [-0.2, -0.15) is 11.8 Å². The van der Waals surface area contributed by atoms with Crippen LogP contribution in [0.15, 0.2) is 0 Å². The zero-order valence-electron chi connectivity index (χ0n) is 9.86. The van der Waals surface area contributed by atoms with Crippen molar-refractivity contribution in [1.82, 2.24) is 4.90 Å². The number of carbonyl (C=O) groups excluding carboxylic acids is 1. The minimum absolute atomic E-state index is 0.000231. The Kier molecular flexibility index (Phi) is 5.47. The van der Waals surface area contributed by atoms with E-state index in [4.69, 9.17) is 4.74 Å². The molecule has 1 fully saturated rings. The van der Waals surface area contributed by atoms with Crippen LogP contribution in [0.25, 0.3) is 0 Å². The molecule has 1 heterocycles. The van der Waals surface area contributed by atoms with Gasteiger partial charge in [0, 0.05) is 30.6 Å². The van der Waals surface area contributed by atoms with E-state index in [0.29, 0.717) is 11.9 Å². The van der Waals surface area contributed by atoms with Gasteiger partial charge < -0.3 is 9.64 Å². The minimum atomic E-state index is -0.0663. The summed E-state index contributed by atoms with van der Waals surface area (Å²) in [5, 5.41) is 0.688. The van der Waals surface area contributed by atoms with Gasteiger partial charge in [-0.15, -0.1) is 0 Å². The number of esters is 1. The zero-order chi connectivity index (χ0) is 11.3. The second-order valence-corrected chi connectivity index (χ2v) is 5.64. The molecule has 2 unspecified atom stereocenters. The van der Waals surface area contributed by atoms with Crippen molar-refractivity contribution in [2.24, 2.45) is 5.92 Å². The first-order valence-corrected chi connectivity index (χ1v) is 6.69. The second-order valence-electron chi connectivity index (χ2n) is 4.09. The Morgan fingerprint density at radius 1 is 1.67 bits per heavy atom.